The highest BCUT2D eigenvalue weighted by Crippen LogP contribution is 2.22. The summed E-state index contributed by atoms with van der Waals surface area (Å²) < 4.78 is 0. The maximum absolute atomic E-state index is 10.5. The molecule has 0 unspecified atom stereocenters. The summed E-state index contributed by atoms with van der Waals surface area (Å²) in [6, 6.07) is 2.22. The summed E-state index contributed by atoms with van der Waals surface area (Å²) in [5, 5.41) is 29.2. The molecule has 86 valence electrons. The maximum Gasteiger partial charge on any atom is 0.336 e. The zero-order valence-electron chi connectivity index (χ0n) is 7.61. The number of non-ortho nitro benzene ring substituents is 2. The van der Waals surface area contributed by atoms with E-state index in [-0.39, 0.29) is 5.48 Å². The lowest BCUT2D eigenvalue weighted by molar-refractivity contribution is -0.394. The van der Waals surface area contributed by atoms with Gasteiger partial charge in [0.25, 0.3) is 11.4 Å². The number of rotatable bonds is 3. The Morgan fingerprint density at radius 3 is 1.69 bits per heavy atom. The van der Waals surface area contributed by atoms with Crippen LogP contribution in [0, 0.1) is 20.2 Å². The minimum atomic E-state index is -1.46. The van der Waals surface area contributed by atoms with Crippen LogP contribution in [-0.2, 0) is 0 Å². The van der Waals surface area contributed by atoms with E-state index in [0.29, 0.717) is 6.07 Å². The molecule has 1 rings (SSSR count). The number of benzene rings is 1. The van der Waals surface area contributed by atoms with Crippen molar-refractivity contribution in [3.8, 4) is 0 Å². The number of carboxylic acids is 1. The molecule has 0 bridgehead atoms. The average molecular weight is 230 g/mol. The topological polar surface area (TPSA) is 155 Å². The van der Waals surface area contributed by atoms with Crippen LogP contribution in [0.2, 0.25) is 0 Å². The van der Waals surface area contributed by atoms with Crippen molar-refractivity contribution in [1.29, 1.82) is 0 Å². The van der Waals surface area contributed by atoms with Crippen molar-refractivity contribution in [2.24, 2.45) is 0 Å². The summed E-state index contributed by atoms with van der Waals surface area (Å²) in [5.41, 5.74) is -1.74. The predicted octanol–water partition coefficient (Wildman–Crippen LogP) is 0.376. The van der Waals surface area contributed by atoms with E-state index >= 15 is 0 Å². The van der Waals surface area contributed by atoms with Gasteiger partial charge in [-0.2, -0.15) is 0 Å². The van der Waals surface area contributed by atoms with Gasteiger partial charge in [-0.25, -0.2) is 4.79 Å². The fourth-order valence-electron chi connectivity index (χ4n) is 0.929. The number of hydrogen-bond donors (Lipinski definition) is 1. The molecule has 0 aromatic heterocycles. The Kier molecular flexibility index (Phi) is 4.03. The fraction of sp³-hybridized carbons (Fsp3) is 0. The van der Waals surface area contributed by atoms with E-state index in [2.05, 4.69) is 0 Å². The van der Waals surface area contributed by atoms with Crippen LogP contribution in [0.4, 0.5) is 11.4 Å². The second kappa shape index (κ2) is 4.79. The first-order valence-corrected chi connectivity index (χ1v) is 3.59. The van der Waals surface area contributed by atoms with Crippen molar-refractivity contribution in [2.75, 3.05) is 0 Å². The van der Waals surface area contributed by atoms with Crippen LogP contribution >= 0.6 is 0 Å². The Hall–Kier alpha value is -2.55. The molecule has 0 aliphatic rings. The van der Waals surface area contributed by atoms with Gasteiger partial charge in [0.05, 0.1) is 21.5 Å². The zero-order valence-corrected chi connectivity index (χ0v) is 7.61. The molecule has 16 heavy (non-hydrogen) atoms. The van der Waals surface area contributed by atoms with Gasteiger partial charge >= 0.3 is 5.97 Å². The molecule has 0 atom stereocenters. The first kappa shape index (κ1) is 13.4. The van der Waals surface area contributed by atoms with Crippen molar-refractivity contribution in [1.82, 2.24) is 0 Å². The van der Waals surface area contributed by atoms with Gasteiger partial charge in [0.2, 0.25) is 0 Å². The minimum absolute atomic E-state index is 0. The summed E-state index contributed by atoms with van der Waals surface area (Å²) in [5.74, 6) is -1.46. The third kappa shape index (κ3) is 2.72. The highest BCUT2D eigenvalue weighted by molar-refractivity contribution is 5.89. The number of hydrogen-bond acceptors (Lipinski definition) is 5. The predicted molar refractivity (Wildman–Crippen MR) is 50.3 cm³/mol. The van der Waals surface area contributed by atoms with Crippen LogP contribution in [0.25, 0.3) is 0 Å². The standard InChI is InChI=1S/C7H4N2O6.H2O/c10-7(11)4-1-5(8(12)13)3-6(2-4)9(14)15;/h1-3H,(H,10,11);1H2. The van der Waals surface area contributed by atoms with Crippen molar-refractivity contribution in [3.63, 3.8) is 0 Å². The van der Waals surface area contributed by atoms with Crippen molar-refractivity contribution >= 4 is 17.3 Å². The number of carbonyl (C=O) groups is 1. The van der Waals surface area contributed by atoms with Crippen LogP contribution in [0.15, 0.2) is 18.2 Å². The Balaban J connectivity index is 0.00000225. The van der Waals surface area contributed by atoms with Gasteiger partial charge < -0.3 is 10.6 Å². The Bertz CT molecular complexity index is 377. The van der Waals surface area contributed by atoms with E-state index in [1.165, 1.54) is 0 Å². The van der Waals surface area contributed by atoms with E-state index in [1.807, 2.05) is 0 Å². The summed E-state index contributed by atoms with van der Waals surface area (Å²) in [7, 11) is 0. The van der Waals surface area contributed by atoms with Crippen molar-refractivity contribution in [2.45, 2.75) is 0 Å². The summed E-state index contributed by atoms with van der Waals surface area (Å²) in [6.07, 6.45) is 0. The lowest BCUT2D eigenvalue weighted by Gasteiger charge is -1.96. The molecule has 0 fully saturated rings. The molecule has 0 spiro atoms. The Labute approximate surface area is 87.5 Å². The molecule has 0 aliphatic heterocycles. The zero-order chi connectivity index (χ0) is 11.6. The third-order valence-electron chi connectivity index (χ3n) is 1.57. The van der Waals surface area contributed by atoms with Gasteiger partial charge in [0.1, 0.15) is 0 Å². The van der Waals surface area contributed by atoms with Gasteiger partial charge in [0, 0.05) is 12.1 Å². The van der Waals surface area contributed by atoms with E-state index in [9.17, 15) is 25.0 Å². The van der Waals surface area contributed by atoms with Crippen LogP contribution in [0.1, 0.15) is 10.4 Å². The highest BCUT2D eigenvalue weighted by atomic mass is 16.6. The van der Waals surface area contributed by atoms with Crippen LogP contribution in [0.3, 0.4) is 0 Å². The van der Waals surface area contributed by atoms with Gasteiger partial charge in [-0.05, 0) is 0 Å². The lowest BCUT2D eigenvalue weighted by Crippen LogP contribution is -2.00. The summed E-state index contributed by atoms with van der Waals surface area (Å²) >= 11 is 0. The van der Waals surface area contributed by atoms with Crippen LogP contribution < -0.4 is 0 Å². The normalized spacial score (nSPS) is 9.00. The average Bonchev–Trinajstić information content (AvgIpc) is 2.16. The SMILES string of the molecule is O.O=C(O)c1cc([N+](=O)[O-])cc([N+](=O)[O-])c1. The number of carboxylic acid groups (broad SMARTS) is 1. The van der Waals surface area contributed by atoms with Crippen molar-refractivity contribution < 1.29 is 25.2 Å². The molecule has 3 N–H and O–H groups in total. The van der Waals surface area contributed by atoms with Gasteiger partial charge in [-0.3, -0.25) is 20.2 Å². The van der Waals surface area contributed by atoms with Crippen LogP contribution in [0.5, 0.6) is 0 Å². The van der Waals surface area contributed by atoms with Crippen molar-refractivity contribution in [3.05, 3.63) is 44.0 Å². The monoisotopic (exact) mass is 230 g/mol. The molecule has 1 aromatic carbocycles. The molecule has 0 aliphatic carbocycles. The highest BCUT2D eigenvalue weighted by Gasteiger charge is 2.18. The molecule has 0 amide bonds. The Morgan fingerprint density at radius 1 is 1.06 bits per heavy atom. The number of nitrogens with zero attached hydrogens (tertiary/aromatic N) is 2. The third-order valence-corrected chi connectivity index (χ3v) is 1.57. The van der Waals surface area contributed by atoms with E-state index in [1.54, 1.807) is 0 Å². The molecule has 9 nitrogen and oxygen atoms in total. The minimum Gasteiger partial charge on any atom is -0.478 e. The first-order chi connectivity index (χ1) is 6.91. The Morgan fingerprint density at radius 2 is 1.44 bits per heavy atom. The fourth-order valence-corrected chi connectivity index (χ4v) is 0.929. The molecule has 0 saturated carbocycles. The van der Waals surface area contributed by atoms with Gasteiger partial charge in [-0.1, -0.05) is 0 Å². The van der Waals surface area contributed by atoms with E-state index in [0.717, 1.165) is 12.1 Å². The summed E-state index contributed by atoms with van der Waals surface area (Å²) in [4.78, 5) is 29.4. The second-order valence-electron chi connectivity index (χ2n) is 2.56. The second-order valence-corrected chi connectivity index (χ2v) is 2.56. The van der Waals surface area contributed by atoms with E-state index < -0.39 is 32.8 Å². The lowest BCUT2D eigenvalue weighted by atomic mass is 10.2. The molecule has 9 heteroatoms. The first-order valence-electron chi connectivity index (χ1n) is 3.59. The number of nitro groups is 2. The molecular weight excluding hydrogens is 224 g/mol. The smallest absolute Gasteiger partial charge is 0.336 e. The maximum atomic E-state index is 10.5. The molecule has 0 saturated heterocycles. The van der Waals surface area contributed by atoms with E-state index in [4.69, 9.17) is 5.11 Å². The van der Waals surface area contributed by atoms with Crippen LogP contribution in [-0.4, -0.2) is 26.4 Å². The molecule has 0 radical (unpaired) electrons. The largest absolute Gasteiger partial charge is 0.478 e. The molecular formula is C7H6N2O7. The number of nitro benzene ring substituents is 2. The van der Waals surface area contributed by atoms with Gasteiger partial charge in [-0.15, -0.1) is 0 Å². The number of aromatic carboxylic acids is 1. The summed E-state index contributed by atoms with van der Waals surface area (Å²) in [6.45, 7) is 0. The van der Waals surface area contributed by atoms with Gasteiger partial charge in [0.15, 0.2) is 0 Å². The molecule has 0 heterocycles. The quantitative estimate of drug-likeness (QED) is 0.584. The molecule has 1 aromatic rings.